The third-order valence-corrected chi connectivity index (χ3v) is 14.0. The zero-order chi connectivity index (χ0) is 32.3. The minimum absolute atomic E-state index is 0.0318. The maximum atomic E-state index is 13.0. The van der Waals surface area contributed by atoms with Crippen LogP contribution in [0.15, 0.2) is 0 Å². The summed E-state index contributed by atoms with van der Waals surface area (Å²) in [6.45, 7) is 4.77. The fourth-order valence-electron chi connectivity index (χ4n) is 10.2. The third kappa shape index (κ3) is 8.08. The summed E-state index contributed by atoms with van der Waals surface area (Å²) < 4.78 is 74.6. The van der Waals surface area contributed by atoms with Crippen LogP contribution in [0.2, 0.25) is 0 Å². The van der Waals surface area contributed by atoms with E-state index in [9.17, 15) is 41.2 Å². The minimum Gasteiger partial charge on any atom is -0.393 e. The molecule has 2 unspecified atom stereocenters. The van der Waals surface area contributed by atoms with E-state index in [2.05, 4.69) is 13.8 Å². The van der Waals surface area contributed by atoms with Crippen LogP contribution in [0.3, 0.4) is 0 Å². The number of fused-ring (bicyclic) bond motifs is 5. The smallest absolute Gasteiger partial charge is 0.393 e. The molecule has 10 heteroatoms. The van der Waals surface area contributed by atoms with Gasteiger partial charge < -0.3 is 10.2 Å². The Morgan fingerprint density at radius 3 is 2.32 bits per heavy atom. The minimum atomic E-state index is -5.56. The van der Waals surface area contributed by atoms with Gasteiger partial charge in [0.25, 0.3) is 0 Å². The van der Waals surface area contributed by atoms with E-state index in [0.717, 1.165) is 77.0 Å². The molecule has 0 bridgehead atoms. The lowest BCUT2D eigenvalue weighted by Gasteiger charge is -2.62. The number of aliphatic hydroxyl groups excluding tert-OH is 2. The normalized spacial score (nSPS) is 37.2. The largest absolute Gasteiger partial charge is 0.453 e. The van der Waals surface area contributed by atoms with Gasteiger partial charge in [0.1, 0.15) is 5.78 Å². The Morgan fingerprint density at radius 1 is 0.909 bits per heavy atom. The molecule has 0 heterocycles. The Hall–Kier alpha value is -0.610. The van der Waals surface area contributed by atoms with Crippen LogP contribution in [0.4, 0.5) is 22.0 Å². The van der Waals surface area contributed by atoms with Crippen LogP contribution in [-0.4, -0.2) is 56.0 Å². The predicted octanol–water partition coefficient (Wildman–Crippen LogP) is 8.39. The number of carbonyl (C=O) groups is 1. The van der Waals surface area contributed by atoms with Crippen molar-refractivity contribution in [2.45, 2.75) is 154 Å². The summed E-state index contributed by atoms with van der Waals surface area (Å²) in [6, 6.07) is 0. The average Bonchev–Trinajstić information content (AvgIpc) is 3.23. The molecule has 10 atom stereocenters. The highest BCUT2D eigenvalue weighted by Gasteiger charge is 2.62. The van der Waals surface area contributed by atoms with Crippen molar-refractivity contribution in [2.75, 3.05) is 11.5 Å². The maximum absolute atomic E-state index is 13.0. The van der Waals surface area contributed by atoms with E-state index in [-0.39, 0.29) is 28.8 Å². The second-order valence-corrected chi connectivity index (χ2v) is 17.0. The number of carbonyl (C=O) groups excluding carboxylic acids is 1. The number of aliphatic hydroxyl groups is 2. The Morgan fingerprint density at radius 2 is 1.59 bits per heavy atom. The van der Waals surface area contributed by atoms with Crippen molar-refractivity contribution >= 4 is 16.6 Å². The molecule has 4 saturated carbocycles. The number of halogens is 5. The first-order chi connectivity index (χ1) is 20.6. The van der Waals surface area contributed by atoms with E-state index in [4.69, 9.17) is 0 Å². The molecule has 256 valence electrons. The summed E-state index contributed by atoms with van der Waals surface area (Å²) in [4.78, 5) is 12.4. The molecule has 0 aliphatic heterocycles. The molecule has 2 N–H and O–H groups in total. The molecule has 44 heavy (non-hydrogen) atoms. The van der Waals surface area contributed by atoms with Gasteiger partial charge in [-0.3, -0.25) is 9.00 Å². The fraction of sp³-hybridized carbons (Fsp3) is 0.971. The second-order valence-electron chi connectivity index (χ2n) is 15.3. The van der Waals surface area contributed by atoms with Gasteiger partial charge in [-0.05, 0) is 105 Å². The maximum Gasteiger partial charge on any atom is 0.453 e. The van der Waals surface area contributed by atoms with Gasteiger partial charge >= 0.3 is 12.1 Å². The molecular weight excluding hydrogens is 599 g/mol. The number of alkyl halides is 5. The molecule has 4 rings (SSSR count). The van der Waals surface area contributed by atoms with Crippen LogP contribution in [0.5, 0.6) is 0 Å². The van der Waals surface area contributed by atoms with Gasteiger partial charge in [-0.15, -0.1) is 0 Å². The van der Waals surface area contributed by atoms with Crippen LogP contribution in [0, 0.1) is 40.4 Å². The number of ketones is 1. The van der Waals surface area contributed by atoms with Crippen LogP contribution in [0.25, 0.3) is 0 Å². The van der Waals surface area contributed by atoms with Gasteiger partial charge in [0.15, 0.2) is 0 Å². The van der Waals surface area contributed by atoms with Crippen molar-refractivity contribution in [1.29, 1.82) is 0 Å². The average molecular weight is 655 g/mol. The number of unbranched alkanes of at least 4 members (excludes halogenated alkanes) is 3. The van der Waals surface area contributed by atoms with E-state index in [1.54, 1.807) is 0 Å². The van der Waals surface area contributed by atoms with Gasteiger partial charge in [-0.25, -0.2) is 0 Å². The molecule has 0 spiro atoms. The van der Waals surface area contributed by atoms with Crippen LogP contribution in [0.1, 0.15) is 129 Å². The van der Waals surface area contributed by atoms with Crippen molar-refractivity contribution in [1.82, 2.24) is 0 Å². The molecule has 0 saturated heterocycles. The van der Waals surface area contributed by atoms with Crippen molar-refractivity contribution in [2.24, 2.45) is 40.4 Å². The van der Waals surface area contributed by atoms with Crippen LogP contribution in [-0.2, 0) is 15.6 Å². The van der Waals surface area contributed by atoms with Crippen molar-refractivity contribution in [3.8, 4) is 0 Å². The summed E-state index contributed by atoms with van der Waals surface area (Å²) in [7, 11) is -1.40. The first-order valence-electron chi connectivity index (χ1n) is 17.3. The molecule has 0 aromatic rings. The monoisotopic (exact) mass is 654 g/mol. The SMILES string of the molecule is C[C@]12CCC(=O)C[C@@H]1CC[C@@H]1[C@@H]2[C@@H](CCCC(O)CCCCCCS(=O)CCCC(F)(F)C(F)(F)F)C[C@]2(C)[C@@H](O)CC[C@@H]12. The van der Waals surface area contributed by atoms with Crippen LogP contribution < -0.4 is 0 Å². The van der Waals surface area contributed by atoms with E-state index < -0.39 is 35.7 Å². The van der Waals surface area contributed by atoms with Gasteiger partial charge in [0, 0.05) is 41.6 Å². The zero-order valence-electron chi connectivity index (χ0n) is 26.7. The quantitative estimate of drug-likeness (QED) is 0.137. The first kappa shape index (κ1) is 36.2. The molecule has 4 aliphatic carbocycles. The lowest BCUT2D eigenvalue weighted by molar-refractivity contribution is -0.284. The topological polar surface area (TPSA) is 74.6 Å². The van der Waals surface area contributed by atoms with Crippen LogP contribution >= 0.6 is 0 Å². The van der Waals surface area contributed by atoms with Crippen molar-refractivity contribution in [3.05, 3.63) is 0 Å². The first-order valence-corrected chi connectivity index (χ1v) is 18.7. The van der Waals surface area contributed by atoms with Gasteiger partial charge in [0.05, 0.1) is 12.2 Å². The molecule has 0 amide bonds. The molecule has 4 aliphatic rings. The van der Waals surface area contributed by atoms with E-state index in [1.165, 1.54) is 6.42 Å². The Labute approximate surface area is 263 Å². The van der Waals surface area contributed by atoms with Gasteiger partial charge in [-0.1, -0.05) is 46.0 Å². The standard InChI is InChI=1S/C34H55F5O4S/c1-31-18-16-26(41)21-24(31)12-13-27-28-14-15-29(42)32(28,2)22-23(30(27)31)9-7-11-25(40)10-5-3-4-6-19-44(43)20-8-17-33(35,36)34(37,38)39/h23-25,27-30,40,42H,3-22H2,1-2H3/t23-,24-,25?,27-,28-,29-,30-,31-,32-,44?/m0/s1. The van der Waals surface area contributed by atoms with E-state index >= 15 is 0 Å². The highest BCUT2D eigenvalue weighted by molar-refractivity contribution is 7.84. The Balaban J connectivity index is 1.17. The van der Waals surface area contributed by atoms with Crippen molar-refractivity contribution < 1.29 is 41.2 Å². The number of Topliss-reactive ketones (excluding diaryl/α,β-unsaturated/α-hetero) is 1. The second kappa shape index (κ2) is 14.7. The molecule has 0 aromatic carbocycles. The Kier molecular flexibility index (Phi) is 12.1. The summed E-state index contributed by atoms with van der Waals surface area (Å²) in [5, 5.41) is 21.8. The lowest BCUT2D eigenvalue weighted by atomic mass is 9.42. The highest BCUT2D eigenvalue weighted by atomic mass is 32.2. The van der Waals surface area contributed by atoms with E-state index in [1.807, 2.05) is 0 Å². The Bertz CT molecular complexity index is 991. The lowest BCUT2D eigenvalue weighted by Crippen LogP contribution is -2.57. The van der Waals surface area contributed by atoms with Gasteiger partial charge in [0.2, 0.25) is 0 Å². The predicted molar refractivity (Wildman–Crippen MR) is 163 cm³/mol. The molecule has 0 radical (unpaired) electrons. The molecule has 4 nitrogen and oxygen atoms in total. The third-order valence-electron chi connectivity index (χ3n) is 12.6. The number of rotatable bonds is 15. The zero-order valence-corrected chi connectivity index (χ0v) is 27.5. The van der Waals surface area contributed by atoms with Gasteiger partial charge in [-0.2, -0.15) is 22.0 Å². The summed E-state index contributed by atoms with van der Waals surface area (Å²) in [6.07, 6.45) is 6.33. The molecular formula is C34H55F5O4S. The summed E-state index contributed by atoms with van der Waals surface area (Å²) in [5.41, 5.74) is 0.156. The summed E-state index contributed by atoms with van der Waals surface area (Å²) in [5.74, 6) is -1.42. The number of hydrogen-bond acceptors (Lipinski definition) is 4. The summed E-state index contributed by atoms with van der Waals surface area (Å²) >= 11 is 0. The fourth-order valence-corrected chi connectivity index (χ4v) is 11.4. The van der Waals surface area contributed by atoms with E-state index in [0.29, 0.717) is 60.4 Å². The molecule has 0 aromatic heterocycles. The van der Waals surface area contributed by atoms with Crippen molar-refractivity contribution in [3.63, 3.8) is 0 Å². The molecule has 4 fully saturated rings. The number of hydrogen-bond donors (Lipinski definition) is 2. The highest BCUT2D eigenvalue weighted by Crippen LogP contribution is 2.68.